The van der Waals surface area contributed by atoms with Gasteiger partial charge in [0.2, 0.25) is 0 Å². The summed E-state index contributed by atoms with van der Waals surface area (Å²) in [5, 5.41) is 4.37. The number of carbonyl (C=O) groups is 1. The Morgan fingerprint density at radius 2 is 2.16 bits per heavy atom. The van der Waals surface area contributed by atoms with E-state index in [9.17, 15) is 4.79 Å². The third-order valence-electron chi connectivity index (χ3n) is 4.24. The van der Waals surface area contributed by atoms with Crippen LogP contribution in [0.25, 0.3) is 11.0 Å². The number of likely N-dealkylation sites (tertiary alicyclic amines) is 1. The lowest BCUT2D eigenvalue weighted by atomic mass is 10.0. The third-order valence-corrected chi connectivity index (χ3v) is 4.24. The van der Waals surface area contributed by atoms with E-state index in [4.69, 9.17) is 4.74 Å². The van der Waals surface area contributed by atoms with Crippen LogP contribution >= 0.6 is 0 Å². The van der Waals surface area contributed by atoms with Gasteiger partial charge in [0.1, 0.15) is 11.4 Å². The first kappa shape index (κ1) is 17.5. The van der Waals surface area contributed by atoms with Crippen molar-refractivity contribution in [2.75, 3.05) is 18.4 Å². The lowest BCUT2D eigenvalue weighted by molar-refractivity contribution is 0.0114. The average Bonchev–Trinajstić information content (AvgIpc) is 2.58. The lowest BCUT2D eigenvalue weighted by Crippen LogP contribution is -2.48. The fraction of sp³-hybridized carbons (Fsp3) is 0.526. The maximum absolute atomic E-state index is 12.5. The van der Waals surface area contributed by atoms with E-state index >= 15 is 0 Å². The zero-order valence-electron chi connectivity index (χ0n) is 15.2. The largest absolute Gasteiger partial charge is 0.444 e. The molecule has 2 aromatic heterocycles. The van der Waals surface area contributed by atoms with Gasteiger partial charge in [0.15, 0.2) is 5.65 Å². The van der Waals surface area contributed by atoms with Crippen molar-refractivity contribution < 1.29 is 9.53 Å². The van der Waals surface area contributed by atoms with Crippen LogP contribution in [0.2, 0.25) is 0 Å². The molecule has 3 heterocycles. The molecular weight excluding hydrogens is 316 g/mol. The Morgan fingerprint density at radius 1 is 1.32 bits per heavy atom. The number of nitrogens with zero attached hydrogens (tertiary/aromatic N) is 3. The van der Waals surface area contributed by atoms with Gasteiger partial charge in [-0.25, -0.2) is 14.8 Å². The smallest absolute Gasteiger partial charge is 0.410 e. The van der Waals surface area contributed by atoms with Crippen LogP contribution in [0.5, 0.6) is 0 Å². The van der Waals surface area contributed by atoms with Gasteiger partial charge >= 0.3 is 6.09 Å². The number of amides is 1. The van der Waals surface area contributed by atoms with Crippen LogP contribution < -0.4 is 5.32 Å². The Kier molecular flexibility index (Phi) is 5.06. The Balaban J connectivity index is 1.65. The first-order valence-corrected chi connectivity index (χ1v) is 8.88. The summed E-state index contributed by atoms with van der Waals surface area (Å²) < 4.78 is 5.55. The molecule has 2 aromatic rings. The normalized spacial score (nSPS) is 18.2. The second-order valence-electron chi connectivity index (χ2n) is 7.45. The van der Waals surface area contributed by atoms with Crippen molar-refractivity contribution in [2.24, 2.45) is 0 Å². The van der Waals surface area contributed by atoms with E-state index in [-0.39, 0.29) is 12.1 Å². The van der Waals surface area contributed by atoms with Gasteiger partial charge in [0, 0.05) is 24.7 Å². The van der Waals surface area contributed by atoms with Crippen molar-refractivity contribution >= 4 is 22.9 Å². The van der Waals surface area contributed by atoms with Crippen LogP contribution in [0.1, 0.15) is 40.0 Å². The molecule has 6 heteroatoms. The number of hydrogen-bond acceptors (Lipinski definition) is 5. The highest BCUT2D eigenvalue weighted by Crippen LogP contribution is 2.21. The highest BCUT2D eigenvalue weighted by atomic mass is 16.6. The molecule has 0 radical (unpaired) electrons. The van der Waals surface area contributed by atoms with Crippen LogP contribution in [-0.4, -0.2) is 45.7 Å². The molecule has 1 amide bonds. The first-order chi connectivity index (χ1) is 11.9. The van der Waals surface area contributed by atoms with Gasteiger partial charge in [-0.15, -0.1) is 0 Å². The molecule has 1 aliphatic rings. The van der Waals surface area contributed by atoms with E-state index in [2.05, 4.69) is 15.3 Å². The minimum absolute atomic E-state index is 0.116. The molecule has 0 bridgehead atoms. The van der Waals surface area contributed by atoms with Crippen molar-refractivity contribution in [3.63, 3.8) is 0 Å². The molecule has 0 aromatic carbocycles. The molecule has 1 atom stereocenters. The fourth-order valence-corrected chi connectivity index (χ4v) is 3.05. The van der Waals surface area contributed by atoms with Crippen molar-refractivity contribution in [1.29, 1.82) is 0 Å². The summed E-state index contributed by atoms with van der Waals surface area (Å²) in [5.41, 5.74) is 0.248. The van der Waals surface area contributed by atoms with Crippen LogP contribution in [0.4, 0.5) is 10.6 Å². The Labute approximate surface area is 148 Å². The van der Waals surface area contributed by atoms with Crippen molar-refractivity contribution in [3.8, 4) is 0 Å². The first-order valence-electron chi connectivity index (χ1n) is 8.88. The van der Waals surface area contributed by atoms with Gasteiger partial charge < -0.3 is 15.0 Å². The van der Waals surface area contributed by atoms with E-state index in [1.54, 1.807) is 6.20 Å². The monoisotopic (exact) mass is 342 g/mol. The number of rotatable bonds is 3. The summed E-state index contributed by atoms with van der Waals surface area (Å²) >= 11 is 0. The maximum atomic E-state index is 12.5. The standard InChI is InChI=1S/C19H26N4O2/c1-19(2,3)25-18(24)23-12-5-4-8-15(23)13-21-16-10-9-14-7-6-11-20-17(14)22-16/h6-7,9-11,15H,4-5,8,12-13H2,1-3H3,(H,20,21,22)/t15-/m0/s1. The highest BCUT2D eigenvalue weighted by Gasteiger charge is 2.30. The Bertz CT molecular complexity index is 742. The number of nitrogens with one attached hydrogen (secondary N) is 1. The van der Waals surface area contributed by atoms with Gasteiger partial charge in [-0.2, -0.15) is 0 Å². The quantitative estimate of drug-likeness (QED) is 0.918. The molecule has 1 fully saturated rings. The number of hydrogen-bond donors (Lipinski definition) is 1. The van der Waals surface area contributed by atoms with Crippen LogP contribution in [-0.2, 0) is 4.74 Å². The number of anilines is 1. The number of aromatic nitrogens is 2. The molecule has 0 aliphatic carbocycles. The summed E-state index contributed by atoms with van der Waals surface area (Å²) in [4.78, 5) is 23.1. The molecule has 3 rings (SSSR count). The summed E-state index contributed by atoms with van der Waals surface area (Å²) in [6.45, 7) is 7.09. The number of fused-ring (bicyclic) bond motifs is 1. The predicted octanol–water partition coefficient (Wildman–Crippen LogP) is 3.83. The van der Waals surface area contributed by atoms with E-state index < -0.39 is 5.60 Å². The molecule has 1 aliphatic heterocycles. The fourth-order valence-electron chi connectivity index (χ4n) is 3.05. The van der Waals surface area contributed by atoms with Gasteiger partial charge in [-0.05, 0) is 64.3 Å². The number of carbonyl (C=O) groups excluding carboxylic acids is 1. The molecular formula is C19H26N4O2. The molecule has 25 heavy (non-hydrogen) atoms. The summed E-state index contributed by atoms with van der Waals surface area (Å²) in [7, 11) is 0. The van der Waals surface area contributed by atoms with E-state index in [1.807, 2.05) is 49.9 Å². The van der Waals surface area contributed by atoms with Crippen LogP contribution in [0, 0.1) is 0 Å². The second-order valence-corrected chi connectivity index (χ2v) is 7.45. The zero-order valence-corrected chi connectivity index (χ0v) is 15.2. The number of ether oxygens (including phenoxy) is 1. The predicted molar refractivity (Wildman–Crippen MR) is 98.6 cm³/mol. The minimum atomic E-state index is -0.474. The summed E-state index contributed by atoms with van der Waals surface area (Å²) in [6, 6.07) is 7.96. The molecule has 134 valence electrons. The van der Waals surface area contributed by atoms with Crippen LogP contribution in [0.15, 0.2) is 30.5 Å². The molecule has 1 saturated heterocycles. The number of pyridine rings is 2. The number of piperidine rings is 1. The van der Waals surface area contributed by atoms with E-state index in [0.29, 0.717) is 6.54 Å². The Hall–Kier alpha value is -2.37. The highest BCUT2D eigenvalue weighted by molar-refractivity contribution is 5.76. The SMILES string of the molecule is CC(C)(C)OC(=O)N1CCCC[C@H]1CNc1ccc2cccnc2n1. The lowest BCUT2D eigenvalue weighted by Gasteiger charge is -2.36. The molecule has 0 unspecified atom stereocenters. The van der Waals surface area contributed by atoms with Gasteiger partial charge in [-0.3, -0.25) is 0 Å². The van der Waals surface area contributed by atoms with E-state index in [0.717, 1.165) is 42.7 Å². The van der Waals surface area contributed by atoms with Gasteiger partial charge in [0.05, 0.1) is 6.04 Å². The average molecular weight is 342 g/mol. The molecule has 0 spiro atoms. The second kappa shape index (κ2) is 7.25. The van der Waals surface area contributed by atoms with E-state index in [1.165, 1.54) is 0 Å². The van der Waals surface area contributed by atoms with Gasteiger partial charge in [0.25, 0.3) is 0 Å². The minimum Gasteiger partial charge on any atom is -0.444 e. The summed E-state index contributed by atoms with van der Waals surface area (Å²) in [5.74, 6) is 0.779. The Morgan fingerprint density at radius 3 is 2.96 bits per heavy atom. The van der Waals surface area contributed by atoms with Crippen molar-refractivity contribution in [1.82, 2.24) is 14.9 Å². The maximum Gasteiger partial charge on any atom is 0.410 e. The molecule has 6 nitrogen and oxygen atoms in total. The summed E-state index contributed by atoms with van der Waals surface area (Å²) in [6.07, 6.45) is 4.63. The van der Waals surface area contributed by atoms with Crippen molar-refractivity contribution in [3.05, 3.63) is 30.5 Å². The zero-order chi connectivity index (χ0) is 17.9. The molecule has 1 N–H and O–H groups in total. The van der Waals surface area contributed by atoms with Crippen molar-refractivity contribution in [2.45, 2.75) is 51.7 Å². The van der Waals surface area contributed by atoms with Crippen LogP contribution in [0.3, 0.4) is 0 Å². The van der Waals surface area contributed by atoms with Gasteiger partial charge in [-0.1, -0.05) is 0 Å². The topological polar surface area (TPSA) is 67.3 Å². The molecule has 0 saturated carbocycles. The third kappa shape index (κ3) is 4.59.